The Balaban J connectivity index is 1.64. The summed E-state index contributed by atoms with van der Waals surface area (Å²) < 4.78 is 6.20. The van der Waals surface area contributed by atoms with Crippen molar-refractivity contribution in [3.8, 4) is 0 Å². The summed E-state index contributed by atoms with van der Waals surface area (Å²) in [5.41, 5.74) is 2.77. The molecule has 3 rings (SSSR count). The van der Waals surface area contributed by atoms with Gasteiger partial charge in [0, 0.05) is 12.6 Å². The van der Waals surface area contributed by atoms with Crippen LogP contribution in [0.1, 0.15) is 56.3 Å². The monoisotopic (exact) mass is 273 g/mol. The summed E-state index contributed by atoms with van der Waals surface area (Å²) in [7, 11) is 0. The third-order valence-electron chi connectivity index (χ3n) is 4.88. The van der Waals surface area contributed by atoms with Crippen molar-refractivity contribution in [1.29, 1.82) is 0 Å². The minimum absolute atomic E-state index is 0.233. The Hall–Kier alpha value is -0.860. The SMILES string of the molecule is CCCc1ccc(C2CNC3CCCCC3CO2)cc1. The van der Waals surface area contributed by atoms with Gasteiger partial charge < -0.3 is 10.1 Å². The molecule has 20 heavy (non-hydrogen) atoms. The predicted octanol–water partition coefficient (Wildman–Crippen LogP) is 3.86. The van der Waals surface area contributed by atoms with E-state index in [2.05, 4.69) is 36.5 Å². The molecule has 1 N–H and O–H groups in total. The number of nitrogens with one attached hydrogen (secondary N) is 1. The van der Waals surface area contributed by atoms with Gasteiger partial charge in [-0.3, -0.25) is 0 Å². The Morgan fingerprint density at radius 1 is 1.15 bits per heavy atom. The highest BCUT2D eigenvalue weighted by Gasteiger charge is 2.29. The molecular weight excluding hydrogens is 246 g/mol. The highest BCUT2D eigenvalue weighted by atomic mass is 16.5. The molecule has 1 heterocycles. The summed E-state index contributed by atoms with van der Waals surface area (Å²) in [6.07, 6.45) is 8.04. The standard InChI is InChI=1S/C18H27NO/c1-2-5-14-8-10-15(11-9-14)18-12-19-17-7-4-3-6-16(17)13-20-18/h8-11,16-19H,2-7,12-13H2,1H3. The summed E-state index contributed by atoms with van der Waals surface area (Å²) in [4.78, 5) is 0. The molecule has 3 unspecified atom stereocenters. The first-order valence-corrected chi connectivity index (χ1v) is 8.30. The zero-order valence-electron chi connectivity index (χ0n) is 12.6. The predicted molar refractivity (Wildman–Crippen MR) is 82.9 cm³/mol. The molecule has 1 aliphatic carbocycles. The summed E-state index contributed by atoms with van der Waals surface area (Å²) in [6.45, 7) is 4.13. The Labute approximate surface area is 122 Å². The Kier molecular flexibility index (Phi) is 4.74. The molecule has 1 saturated heterocycles. The van der Waals surface area contributed by atoms with Crippen LogP contribution in [0.25, 0.3) is 0 Å². The lowest BCUT2D eigenvalue weighted by Crippen LogP contribution is -2.38. The van der Waals surface area contributed by atoms with Crippen molar-refractivity contribution in [1.82, 2.24) is 5.32 Å². The molecule has 0 amide bonds. The average Bonchev–Trinajstić information content (AvgIpc) is 2.71. The smallest absolute Gasteiger partial charge is 0.0949 e. The van der Waals surface area contributed by atoms with E-state index in [1.54, 1.807) is 0 Å². The maximum absolute atomic E-state index is 6.20. The number of aryl methyl sites for hydroxylation is 1. The molecule has 2 fully saturated rings. The summed E-state index contributed by atoms with van der Waals surface area (Å²) in [5.74, 6) is 0.730. The first-order chi connectivity index (χ1) is 9.86. The molecule has 2 aliphatic rings. The van der Waals surface area contributed by atoms with Crippen LogP contribution in [0.2, 0.25) is 0 Å². The van der Waals surface area contributed by atoms with Gasteiger partial charge >= 0.3 is 0 Å². The van der Waals surface area contributed by atoms with Crippen molar-refractivity contribution in [2.45, 2.75) is 57.6 Å². The van der Waals surface area contributed by atoms with Crippen LogP contribution in [0.4, 0.5) is 0 Å². The van der Waals surface area contributed by atoms with Gasteiger partial charge in [0.05, 0.1) is 12.7 Å². The minimum atomic E-state index is 0.233. The van der Waals surface area contributed by atoms with Gasteiger partial charge in [0.25, 0.3) is 0 Å². The van der Waals surface area contributed by atoms with E-state index in [0.717, 1.165) is 19.1 Å². The van der Waals surface area contributed by atoms with Crippen molar-refractivity contribution in [3.63, 3.8) is 0 Å². The van der Waals surface area contributed by atoms with Gasteiger partial charge in [0.1, 0.15) is 0 Å². The molecule has 0 aromatic heterocycles. The molecule has 2 nitrogen and oxygen atoms in total. The molecule has 1 aromatic rings. The Morgan fingerprint density at radius 2 is 1.95 bits per heavy atom. The zero-order valence-corrected chi connectivity index (χ0v) is 12.6. The second kappa shape index (κ2) is 6.73. The van der Waals surface area contributed by atoms with Gasteiger partial charge in [-0.25, -0.2) is 0 Å². The van der Waals surface area contributed by atoms with E-state index >= 15 is 0 Å². The lowest BCUT2D eigenvalue weighted by molar-refractivity contribution is 0.0401. The van der Waals surface area contributed by atoms with E-state index in [-0.39, 0.29) is 6.10 Å². The molecular formula is C18H27NO. The number of hydrogen-bond acceptors (Lipinski definition) is 2. The quantitative estimate of drug-likeness (QED) is 0.903. The summed E-state index contributed by atoms with van der Waals surface area (Å²) in [6, 6.07) is 9.73. The number of rotatable bonds is 3. The van der Waals surface area contributed by atoms with Crippen LogP contribution in [0, 0.1) is 5.92 Å². The zero-order chi connectivity index (χ0) is 13.8. The van der Waals surface area contributed by atoms with Crippen molar-refractivity contribution in [2.75, 3.05) is 13.2 Å². The van der Waals surface area contributed by atoms with E-state index < -0.39 is 0 Å². The van der Waals surface area contributed by atoms with Crippen LogP contribution in [-0.4, -0.2) is 19.2 Å². The topological polar surface area (TPSA) is 21.3 Å². The fourth-order valence-electron chi connectivity index (χ4n) is 3.63. The van der Waals surface area contributed by atoms with Gasteiger partial charge in [-0.1, -0.05) is 50.5 Å². The van der Waals surface area contributed by atoms with E-state index in [1.165, 1.54) is 49.7 Å². The van der Waals surface area contributed by atoms with E-state index in [1.807, 2.05) is 0 Å². The average molecular weight is 273 g/mol. The van der Waals surface area contributed by atoms with Gasteiger partial charge in [0.2, 0.25) is 0 Å². The van der Waals surface area contributed by atoms with Crippen LogP contribution in [-0.2, 0) is 11.2 Å². The third kappa shape index (κ3) is 3.24. The van der Waals surface area contributed by atoms with Crippen molar-refractivity contribution in [3.05, 3.63) is 35.4 Å². The van der Waals surface area contributed by atoms with Gasteiger partial charge in [-0.2, -0.15) is 0 Å². The van der Waals surface area contributed by atoms with E-state index in [0.29, 0.717) is 6.04 Å². The van der Waals surface area contributed by atoms with Crippen LogP contribution < -0.4 is 5.32 Å². The second-order valence-electron chi connectivity index (χ2n) is 6.37. The van der Waals surface area contributed by atoms with Crippen LogP contribution >= 0.6 is 0 Å². The fraction of sp³-hybridized carbons (Fsp3) is 0.667. The van der Waals surface area contributed by atoms with Gasteiger partial charge in [0.15, 0.2) is 0 Å². The maximum Gasteiger partial charge on any atom is 0.0949 e. The van der Waals surface area contributed by atoms with Crippen LogP contribution in [0.15, 0.2) is 24.3 Å². The molecule has 0 spiro atoms. The summed E-state index contributed by atoms with van der Waals surface area (Å²) in [5, 5.41) is 3.75. The van der Waals surface area contributed by atoms with Crippen molar-refractivity contribution in [2.24, 2.45) is 5.92 Å². The molecule has 0 bridgehead atoms. The lowest BCUT2D eigenvalue weighted by Gasteiger charge is -2.29. The van der Waals surface area contributed by atoms with Crippen molar-refractivity contribution < 1.29 is 4.74 Å². The number of hydrogen-bond donors (Lipinski definition) is 1. The molecule has 1 aromatic carbocycles. The highest BCUT2D eigenvalue weighted by Crippen LogP contribution is 2.30. The molecule has 110 valence electrons. The number of fused-ring (bicyclic) bond motifs is 1. The first kappa shape index (κ1) is 14.1. The van der Waals surface area contributed by atoms with Crippen molar-refractivity contribution >= 4 is 0 Å². The molecule has 1 aliphatic heterocycles. The molecule has 2 heteroatoms. The Morgan fingerprint density at radius 3 is 2.75 bits per heavy atom. The second-order valence-corrected chi connectivity index (χ2v) is 6.37. The van der Waals surface area contributed by atoms with Gasteiger partial charge in [-0.05, 0) is 36.3 Å². The van der Waals surface area contributed by atoms with E-state index in [4.69, 9.17) is 4.74 Å². The largest absolute Gasteiger partial charge is 0.372 e. The van der Waals surface area contributed by atoms with E-state index in [9.17, 15) is 0 Å². The number of ether oxygens (including phenoxy) is 1. The van der Waals surface area contributed by atoms with Crippen LogP contribution in [0.3, 0.4) is 0 Å². The lowest BCUT2D eigenvalue weighted by atomic mass is 9.85. The highest BCUT2D eigenvalue weighted by molar-refractivity contribution is 5.25. The maximum atomic E-state index is 6.20. The molecule has 1 saturated carbocycles. The fourth-order valence-corrected chi connectivity index (χ4v) is 3.63. The summed E-state index contributed by atoms with van der Waals surface area (Å²) >= 11 is 0. The minimum Gasteiger partial charge on any atom is -0.372 e. The first-order valence-electron chi connectivity index (χ1n) is 8.30. The Bertz CT molecular complexity index is 398. The molecule has 0 radical (unpaired) electrons. The normalized spacial score (nSPS) is 30.6. The third-order valence-corrected chi connectivity index (χ3v) is 4.88. The number of benzene rings is 1. The van der Waals surface area contributed by atoms with Gasteiger partial charge in [-0.15, -0.1) is 0 Å². The molecule has 3 atom stereocenters. The van der Waals surface area contributed by atoms with Crippen LogP contribution in [0.5, 0.6) is 0 Å².